The molecule has 11 heteroatoms. The van der Waals surface area contributed by atoms with Gasteiger partial charge in [-0.15, -0.1) is 0 Å². The Balaban J connectivity index is 0.00000244. The maximum absolute atomic E-state index is 14.7. The lowest BCUT2D eigenvalue weighted by molar-refractivity contribution is 0.172. The average Bonchev–Trinajstić information content (AvgIpc) is 3.90. The number of nitrogens with two attached hydrogens (primary N) is 2. The van der Waals surface area contributed by atoms with E-state index in [2.05, 4.69) is 75.0 Å². The smallest absolute Gasteiger partial charge is 0.165 e. The van der Waals surface area contributed by atoms with E-state index in [1.165, 1.54) is 52.5 Å². The molecule has 8 rings (SSSR count). The van der Waals surface area contributed by atoms with Crippen LogP contribution >= 0.6 is 0 Å². The van der Waals surface area contributed by atoms with Crippen LogP contribution in [0.5, 0.6) is 0 Å². The molecule has 0 bridgehead atoms. The molecule has 0 spiro atoms. The zero-order valence-corrected chi connectivity index (χ0v) is 33.8. The highest BCUT2D eigenvalue weighted by molar-refractivity contribution is 6.09. The molecule has 1 unspecified atom stereocenters. The van der Waals surface area contributed by atoms with Crippen molar-refractivity contribution in [1.82, 2.24) is 24.8 Å². The van der Waals surface area contributed by atoms with Gasteiger partial charge in [-0.05, 0) is 131 Å². The van der Waals surface area contributed by atoms with Crippen LogP contribution < -0.4 is 16.8 Å². The van der Waals surface area contributed by atoms with Gasteiger partial charge in [-0.1, -0.05) is 50.1 Å². The third-order valence-corrected chi connectivity index (χ3v) is 11.7. The first-order valence-corrected chi connectivity index (χ1v) is 20.5. The molecule has 5 heterocycles. The zero-order valence-electron chi connectivity index (χ0n) is 33.8. The molecule has 2 aromatic heterocycles. The van der Waals surface area contributed by atoms with Gasteiger partial charge in [0.1, 0.15) is 5.52 Å². The third-order valence-electron chi connectivity index (χ3n) is 11.7. The number of hydrogen-bond donors (Lipinski definition) is 3. The van der Waals surface area contributed by atoms with Gasteiger partial charge in [0.2, 0.25) is 0 Å². The first kappa shape index (κ1) is 39.9. The Bertz CT molecular complexity index is 2300. The summed E-state index contributed by atoms with van der Waals surface area (Å²) in [6.07, 6.45) is 8.59. The van der Waals surface area contributed by atoms with Crippen LogP contribution in [0.1, 0.15) is 97.7 Å². The molecule has 0 saturated carbocycles. The van der Waals surface area contributed by atoms with E-state index in [-0.39, 0.29) is 5.82 Å². The van der Waals surface area contributed by atoms with E-state index in [1.54, 1.807) is 0 Å². The van der Waals surface area contributed by atoms with Crippen molar-refractivity contribution in [1.29, 1.82) is 5.26 Å². The molecule has 0 aliphatic carbocycles. The van der Waals surface area contributed by atoms with E-state index in [0.717, 1.165) is 95.5 Å². The number of halogens is 1. The largest absolute Gasteiger partial charge is 0.397 e. The summed E-state index contributed by atoms with van der Waals surface area (Å²) in [6, 6.07) is 20.8. The molecule has 5 aromatic rings. The van der Waals surface area contributed by atoms with E-state index < -0.39 is 6.17 Å². The van der Waals surface area contributed by atoms with Crippen LogP contribution in [-0.2, 0) is 19.5 Å². The molecule has 0 radical (unpaired) electrons. The normalized spacial score (nSPS) is 16.5. The van der Waals surface area contributed by atoms with Crippen LogP contribution in [0, 0.1) is 24.2 Å². The van der Waals surface area contributed by atoms with Gasteiger partial charge in [-0.2, -0.15) is 5.26 Å². The Labute approximate surface area is 336 Å². The summed E-state index contributed by atoms with van der Waals surface area (Å²) in [6.45, 7) is 11.8. The number of nitriles is 1. The van der Waals surface area contributed by atoms with Crippen molar-refractivity contribution < 1.29 is 4.39 Å². The van der Waals surface area contributed by atoms with Gasteiger partial charge in [0, 0.05) is 36.8 Å². The second kappa shape index (κ2) is 17.9. The van der Waals surface area contributed by atoms with Crippen molar-refractivity contribution >= 4 is 39.6 Å². The average molecular weight is 767 g/mol. The Morgan fingerprint density at radius 2 is 1.63 bits per heavy atom. The van der Waals surface area contributed by atoms with Gasteiger partial charge in [0.15, 0.2) is 17.8 Å². The van der Waals surface area contributed by atoms with Gasteiger partial charge in [0.05, 0.1) is 39.9 Å². The topological polar surface area (TPSA) is 145 Å². The molecule has 3 aromatic carbocycles. The van der Waals surface area contributed by atoms with Gasteiger partial charge in [-0.25, -0.2) is 14.4 Å². The van der Waals surface area contributed by atoms with E-state index >= 15 is 0 Å². The third kappa shape index (κ3) is 8.69. The molecule has 296 valence electrons. The van der Waals surface area contributed by atoms with Crippen molar-refractivity contribution in [3.63, 3.8) is 0 Å². The molecule has 2 saturated heterocycles. The van der Waals surface area contributed by atoms with E-state index in [9.17, 15) is 9.65 Å². The van der Waals surface area contributed by atoms with Gasteiger partial charge in [0.25, 0.3) is 0 Å². The number of likely N-dealkylation sites (tertiary alicyclic amines) is 2. The number of aliphatic imine (C=N–C) groups is 1. The predicted molar refractivity (Wildman–Crippen MR) is 230 cm³/mol. The molecule has 5 N–H and O–H groups in total. The highest BCUT2D eigenvalue weighted by Crippen LogP contribution is 2.39. The summed E-state index contributed by atoms with van der Waals surface area (Å²) in [4.78, 5) is 24.0. The lowest BCUT2D eigenvalue weighted by atomic mass is 9.91. The standard InChI is InChI=1S/C45H50FN9.CH5N/c1-4-9-30-14-18-55(19-15-30)26-31-20-33(24-47)37-23-40(50-39(37)21-31)35-11-7-10-34(28(35)2)36-12-8-13-38(42(36)48)51-45-43-41(52-44(53-45)29(3)46)22-32(25-49-43)27-54-16-5-6-17-54;1-2/h7-8,10-13,20-22,25,29-30H,4-6,9,14-19,23,26-27,48H2,1-3H3,(H,51,52,53);2H2,1H3. The first-order valence-electron chi connectivity index (χ1n) is 20.5. The summed E-state index contributed by atoms with van der Waals surface area (Å²) in [5, 5.41) is 13.6. The maximum Gasteiger partial charge on any atom is 0.165 e. The molecule has 57 heavy (non-hydrogen) atoms. The summed E-state index contributed by atoms with van der Waals surface area (Å²) >= 11 is 0. The van der Waals surface area contributed by atoms with Crippen LogP contribution in [0.15, 0.2) is 65.8 Å². The summed E-state index contributed by atoms with van der Waals surface area (Å²) in [7, 11) is 1.50. The van der Waals surface area contributed by atoms with E-state index in [4.69, 9.17) is 15.7 Å². The lowest BCUT2D eigenvalue weighted by Crippen LogP contribution is -2.33. The fourth-order valence-electron chi connectivity index (χ4n) is 8.70. The second-order valence-electron chi connectivity index (χ2n) is 15.6. The number of benzene rings is 3. The minimum absolute atomic E-state index is 0.102. The second-order valence-corrected chi connectivity index (χ2v) is 15.6. The molecule has 0 amide bonds. The number of nitrogens with zero attached hydrogens (tertiary/aromatic N) is 7. The number of hydrogen-bond acceptors (Lipinski definition) is 10. The number of rotatable bonds is 11. The Hall–Kier alpha value is -5.28. The van der Waals surface area contributed by atoms with E-state index in [0.29, 0.717) is 40.2 Å². The molecule has 3 aliphatic rings. The van der Waals surface area contributed by atoms with Crippen LogP contribution in [0.25, 0.3) is 22.2 Å². The number of fused-ring (bicyclic) bond motifs is 2. The molecule has 3 aliphatic heterocycles. The molecule has 10 nitrogen and oxygen atoms in total. The first-order chi connectivity index (χ1) is 27.8. The van der Waals surface area contributed by atoms with Crippen molar-refractivity contribution in [3.8, 4) is 17.2 Å². The number of anilines is 3. The van der Waals surface area contributed by atoms with Gasteiger partial charge in [-0.3, -0.25) is 19.8 Å². The minimum Gasteiger partial charge on any atom is -0.397 e. The van der Waals surface area contributed by atoms with Gasteiger partial charge < -0.3 is 16.8 Å². The van der Waals surface area contributed by atoms with Gasteiger partial charge >= 0.3 is 0 Å². The van der Waals surface area contributed by atoms with Crippen LogP contribution in [-0.4, -0.2) is 63.7 Å². The summed E-state index contributed by atoms with van der Waals surface area (Å²) in [5.41, 5.74) is 23.5. The highest BCUT2D eigenvalue weighted by Gasteiger charge is 2.25. The SMILES string of the molecule is CCCC1CCN(Cc2cc(C#N)c3c(c2)N=C(c2cccc(-c4cccc(Nc5nc(C(C)F)nc6cc(CN7CCCC7)cnc56)c4N)c2C)C3)CC1.CN. The van der Waals surface area contributed by atoms with Crippen LogP contribution in [0.3, 0.4) is 0 Å². The number of aromatic nitrogens is 3. The summed E-state index contributed by atoms with van der Waals surface area (Å²) < 4.78 is 14.7. The Morgan fingerprint density at radius 1 is 0.930 bits per heavy atom. The monoisotopic (exact) mass is 766 g/mol. The van der Waals surface area contributed by atoms with Crippen LogP contribution in [0.4, 0.5) is 27.3 Å². The quantitative estimate of drug-likeness (QED) is 0.112. The number of alkyl halides is 1. The number of piperidine rings is 1. The van der Waals surface area contributed by atoms with Crippen molar-refractivity contribution in [3.05, 3.63) is 100.0 Å². The fraction of sp³-hybridized carbons (Fsp3) is 0.413. The van der Waals surface area contributed by atoms with Crippen molar-refractivity contribution in [2.45, 2.75) is 85.0 Å². The Kier molecular flexibility index (Phi) is 12.5. The minimum atomic E-state index is -1.35. The molecule has 1 atom stereocenters. The summed E-state index contributed by atoms with van der Waals surface area (Å²) in [5.74, 6) is 1.36. The number of nitrogens with one attached hydrogen (secondary N) is 1. The van der Waals surface area contributed by atoms with Crippen LogP contribution in [0.2, 0.25) is 0 Å². The number of para-hydroxylation sites is 1. The molecule has 2 fully saturated rings. The lowest BCUT2D eigenvalue weighted by Gasteiger charge is -2.32. The molecular formula is C46H55FN10. The van der Waals surface area contributed by atoms with Crippen molar-refractivity contribution in [2.75, 3.05) is 44.3 Å². The predicted octanol–water partition coefficient (Wildman–Crippen LogP) is 9.09. The fourth-order valence-corrected chi connectivity index (χ4v) is 8.70. The van der Waals surface area contributed by atoms with E-state index in [1.807, 2.05) is 36.5 Å². The highest BCUT2D eigenvalue weighted by atomic mass is 19.1. The Morgan fingerprint density at radius 3 is 2.37 bits per heavy atom. The maximum atomic E-state index is 14.7. The van der Waals surface area contributed by atoms with Crippen molar-refractivity contribution in [2.24, 2.45) is 16.6 Å². The zero-order chi connectivity index (χ0) is 40.1. The number of nitrogen functional groups attached to an aromatic ring is 1. The molecular weight excluding hydrogens is 712 g/mol. The number of pyridine rings is 1.